The standard InChI is InChI=1S/C8H12N2O3/c9-3-6(12)4-1-2-5(11)8(13)7(4)10/h1-2,6,11-13H,3,9-10H2/t6-/m1/s1. The van der Waals surface area contributed by atoms with E-state index in [1.54, 1.807) is 0 Å². The van der Waals surface area contributed by atoms with Gasteiger partial charge in [-0.1, -0.05) is 6.07 Å². The molecule has 0 unspecified atom stereocenters. The molecule has 0 fully saturated rings. The lowest BCUT2D eigenvalue weighted by atomic mass is 10.1. The molecule has 0 aliphatic rings. The Morgan fingerprint density at radius 3 is 2.46 bits per heavy atom. The van der Waals surface area contributed by atoms with Crippen molar-refractivity contribution in [2.24, 2.45) is 5.73 Å². The summed E-state index contributed by atoms with van der Waals surface area (Å²) in [7, 11) is 0. The minimum Gasteiger partial charge on any atom is -0.504 e. The van der Waals surface area contributed by atoms with Crippen LogP contribution in [0.1, 0.15) is 11.7 Å². The predicted molar refractivity (Wildman–Crippen MR) is 48.2 cm³/mol. The van der Waals surface area contributed by atoms with E-state index in [2.05, 4.69) is 0 Å². The quantitative estimate of drug-likeness (QED) is 0.319. The number of rotatable bonds is 2. The van der Waals surface area contributed by atoms with Crippen LogP contribution < -0.4 is 11.5 Å². The summed E-state index contributed by atoms with van der Waals surface area (Å²) in [4.78, 5) is 0. The lowest BCUT2D eigenvalue weighted by molar-refractivity contribution is 0.187. The number of nitrogen functional groups attached to an aromatic ring is 1. The number of nitrogens with two attached hydrogens (primary N) is 2. The van der Waals surface area contributed by atoms with Crippen LogP contribution in [0.2, 0.25) is 0 Å². The number of phenols is 2. The van der Waals surface area contributed by atoms with Crippen molar-refractivity contribution in [3.8, 4) is 11.5 Å². The molecule has 1 aromatic rings. The molecule has 5 heteroatoms. The van der Waals surface area contributed by atoms with Crippen molar-refractivity contribution in [3.63, 3.8) is 0 Å². The predicted octanol–water partition coefficient (Wildman–Crippen LogP) is -0.328. The van der Waals surface area contributed by atoms with Gasteiger partial charge in [-0.25, -0.2) is 0 Å². The molecule has 7 N–H and O–H groups in total. The summed E-state index contributed by atoms with van der Waals surface area (Å²) in [6.45, 7) is 0.00835. The molecule has 13 heavy (non-hydrogen) atoms. The second kappa shape index (κ2) is 3.51. The Hall–Kier alpha value is -1.46. The molecule has 0 radical (unpaired) electrons. The maximum atomic E-state index is 9.33. The SMILES string of the molecule is NC[C@@H](O)c1ccc(O)c(O)c1N. The first-order chi connectivity index (χ1) is 6.07. The molecular formula is C8H12N2O3. The third-order valence-electron chi connectivity index (χ3n) is 1.81. The van der Waals surface area contributed by atoms with Gasteiger partial charge in [0.15, 0.2) is 11.5 Å². The van der Waals surface area contributed by atoms with Crippen LogP contribution in [0, 0.1) is 0 Å². The van der Waals surface area contributed by atoms with Gasteiger partial charge < -0.3 is 26.8 Å². The van der Waals surface area contributed by atoms with Gasteiger partial charge in [-0.05, 0) is 6.07 Å². The summed E-state index contributed by atoms with van der Waals surface area (Å²) in [5.74, 6) is -0.740. The van der Waals surface area contributed by atoms with Gasteiger partial charge in [0, 0.05) is 12.1 Å². The fourth-order valence-electron chi connectivity index (χ4n) is 1.03. The van der Waals surface area contributed by atoms with Gasteiger partial charge in [-0.3, -0.25) is 0 Å². The van der Waals surface area contributed by atoms with E-state index in [9.17, 15) is 10.2 Å². The molecule has 1 rings (SSSR count). The Balaban J connectivity index is 3.18. The van der Waals surface area contributed by atoms with Crippen LogP contribution in [0.25, 0.3) is 0 Å². The molecule has 1 aromatic carbocycles. The van der Waals surface area contributed by atoms with E-state index in [1.165, 1.54) is 12.1 Å². The van der Waals surface area contributed by atoms with E-state index in [0.717, 1.165) is 0 Å². The highest BCUT2D eigenvalue weighted by Gasteiger charge is 2.14. The van der Waals surface area contributed by atoms with E-state index >= 15 is 0 Å². The minimum atomic E-state index is -0.925. The van der Waals surface area contributed by atoms with E-state index < -0.39 is 11.9 Å². The highest BCUT2D eigenvalue weighted by molar-refractivity contribution is 5.64. The molecule has 0 aromatic heterocycles. The van der Waals surface area contributed by atoms with Crippen LogP contribution >= 0.6 is 0 Å². The molecule has 0 saturated carbocycles. The number of aliphatic hydroxyl groups is 1. The first kappa shape index (κ1) is 9.63. The highest BCUT2D eigenvalue weighted by atomic mass is 16.3. The molecule has 0 aliphatic carbocycles. The summed E-state index contributed by atoms with van der Waals surface area (Å²) >= 11 is 0. The zero-order valence-electron chi connectivity index (χ0n) is 6.94. The number of benzene rings is 1. The van der Waals surface area contributed by atoms with Crippen LogP contribution in [0.5, 0.6) is 11.5 Å². The van der Waals surface area contributed by atoms with Crippen molar-refractivity contribution in [1.29, 1.82) is 0 Å². The molecule has 0 aliphatic heterocycles. The van der Waals surface area contributed by atoms with Crippen LogP contribution in [0.4, 0.5) is 5.69 Å². The summed E-state index contributed by atoms with van der Waals surface area (Å²) in [6, 6.07) is 2.67. The van der Waals surface area contributed by atoms with E-state index in [4.69, 9.17) is 16.6 Å². The molecule has 0 spiro atoms. The van der Waals surface area contributed by atoms with Crippen LogP contribution in [0.15, 0.2) is 12.1 Å². The Labute approximate surface area is 75.2 Å². The summed E-state index contributed by atoms with van der Waals surface area (Å²) in [6.07, 6.45) is -0.925. The van der Waals surface area contributed by atoms with Gasteiger partial charge >= 0.3 is 0 Å². The van der Waals surface area contributed by atoms with E-state index in [-0.39, 0.29) is 18.0 Å². The van der Waals surface area contributed by atoms with Crippen molar-refractivity contribution in [2.75, 3.05) is 12.3 Å². The second-order valence-electron chi connectivity index (χ2n) is 2.69. The first-order valence-corrected chi connectivity index (χ1v) is 3.76. The van der Waals surface area contributed by atoms with Crippen molar-refractivity contribution < 1.29 is 15.3 Å². The van der Waals surface area contributed by atoms with Crippen molar-refractivity contribution in [3.05, 3.63) is 17.7 Å². The number of hydrogen-bond acceptors (Lipinski definition) is 5. The second-order valence-corrected chi connectivity index (χ2v) is 2.69. The van der Waals surface area contributed by atoms with Crippen molar-refractivity contribution in [1.82, 2.24) is 0 Å². The molecule has 0 saturated heterocycles. The van der Waals surface area contributed by atoms with Crippen LogP contribution in [0.3, 0.4) is 0 Å². The Morgan fingerprint density at radius 1 is 1.31 bits per heavy atom. The largest absolute Gasteiger partial charge is 0.504 e. The number of phenolic OH excluding ortho intramolecular Hbond substituents is 2. The Kier molecular flexibility index (Phi) is 2.60. The average Bonchev–Trinajstić information content (AvgIpc) is 2.13. The van der Waals surface area contributed by atoms with Crippen molar-refractivity contribution in [2.45, 2.75) is 6.10 Å². The van der Waals surface area contributed by atoms with Crippen LogP contribution in [-0.2, 0) is 0 Å². The van der Waals surface area contributed by atoms with Crippen LogP contribution in [-0.4, -0.2) is 21.9 Å². The molecule has 72 valence electrons. The molecule has 0 heterocycles. The normalized spacial score (nSPS) is 12.8. The topological polar surface area (TPSA) is 113 Å². The van der Waals surface area contributed by atoms with Gasteiger partial charge in [0.25, 0.3) is 0 Å². The molecule has 0 bridgehead atoms. The first-order valence-electron chi connectivity index (χ1n) is 3.76. The Morgan fingerprint density at radius 2 is 1.92 bits per heavy atom. The van der Waals surface area contributed by atoms with E-state index in [1.807, 2.05) is 0 Å². The minimum absolute atomic E-state index is 0.00835. The maximum Gasteiger partial charge on any atom is 0.181 e. The maximum absolute atomic E-state index is 9.33. The number of aliphatic hydroxyl groups excluding tert-OH is 1. The lowest BCUT2D eigenvalue weighted by Crippen LogP contribution is -2.13. The smallest absolute Gasteiger partial charge is 0.181 e. The van der Waals surface area contributed by atoms with Gasteiger partial charge in [0.1, 0.15) is 0 Å². The monoisotopic (exact) mass is 184 g/mol. The Bertz CT molecular complexity index is 315. The van der Waals surface area contributed by atoms with Gasteiger partial charge in [-0.15, -0.1) is 0 Å². The third-order valence-corrected chi connectivity index (χ3v) is 1.81. The fourth-order valence-corrected chi connectivity index (χ4v) is 1.03. The molecular weight excluding hydrogens is 172 g/mol. The zero-order valence-corrected chi connectivity index (χ0v) is 6.94. The molecule has 1 atom stereocenters. The zero-order chi connectivity index (χ0) is 10.0. The van der Waals surface area contributed by atoms with E-state index in [0.29, 0.717) is 5.56 Å². The average molecular weight is 184 g/mol. The summed E-state index contributed by atoms with van der Waals surface area (Å²) in [5.41, 5.74) is 10.9. The highest BCUT2D eigenvalue weighted by Crippen LogP contribution is 2.35. The number of hydrogen-bond donors (Lipinski definition) is 5. The molecule has 0 amide bonds. The van der Waals surface area contributed by atoms with Gasteiger partial charge in [-0.2, -0.15) is 0 Å². The number of anilines is 1. The third kappa shape index (κ3) is 1.66. The summed E-state index contributed by atoms with van der Waals surface area (Å²) < 4.78 is 0. The fraction of sp³-hybridized carbons (Fsp3) is 0.250. The summed E-state index contributed by atoms with van der Waals surface area (Å²) in [5, 5.41) is 27.6. The van der Waals surface area contributed by atoms with Gasteiger partial charge in [0.05, 0.1) is 11.8 Å². The lowest BCUT2D eigenvalue weighted by Gasteiger charge is -2.12. The van der Waals surface area contributed by atoms with Gasteiger partial charge in [0.2, 0.25) is 0 Å². The number of aromatic hydroxyl groups is 2. The van der Waals surface area contributed by atoms with Crippen molar-refractivity contribution >= 4 is 5.69 Å². The molecule has 5 nitrogen and oxygen atoms in total.